The van der Waals surface area contributed by atoms with Crippen LogP contribution in [0.4, 0.5) is 0 Å². The lowest BCUT2D eigenvalue weighted by Gasteiger charge is -2.07. The zero-order valence-corrected chi connectivity index (χ0v) is 10.5. The first-order valence-electron chi connectivity index (χ1n) is 6.44. The molecule has 0 radical (unpaired) electrons. The van der Waals surface area contributed by atoms with E-state index in [9.17, 15) is 4.79 Å². The number of fused-ring (bicyclic) bond motifs is 1. The molecule has 2 aromatic rings. The van der Waals surface area contributed by atoms with Crippen LogP contribution >= 0.6 is 0 Å². The molecule has 0 N–H and O–H groups in total. The van der Waals surface area contributed by atoms with Crippen molar-refractivity contribution in [3.05, 3.63) is 70.8 Å². The summed E-state index contributed by atoms with van der Waals surface area (Å²) in [6, 6.07) is 16.6. The average Bonchev–Trinajstić information content (AvgIpc) is 2.69. The summed E-state index contributed by atoms with van der Waals surface area (Å²) in [7, 11) is 0. The molecule has 1 heteroatoms. The van der Waals surface area contributed by atoms with Gasteiger partial charge < -0.3 is 0 Å². The van der Waals surface area contributed by atoms with Crippen LogP contribution in [0, 0.1) is 5.92 Å². The third-order valence-electron chi connectivity index (χ3n) is 3.73. The van der Waals surface area contributed by atoms with E-state index in [4.69, 9.17) is 0 Å². The summed E-state index contributed by atoms with van der Waals surface area (Å²) in [5.74, 6) is 0.455. The minimum atomic E-state index is 0.150. The molecule has 90 valence electrons. The van der Waals surface area contributed by atoms with Crippen LogP contribution in [0.3, 0.4) is 0 Å². The Hall–Kier alpha value is -1.89. The predicted molar refractivity (Wildman–Crippen MR) is 72.9 cm³/mol. The standard InChI is InChI=1S/C17H16O/c1-12-10-16-14(8-5-9-15(16)17(12)18)11-13-6-3-2-4-7-13/h2-9,12H,10-11H2,1H3. The highest BCUT2D eigenvalue weighted by molar-refractivity contribution is 6.02. The lowest BCUT2D eigenvalue weighted by molar-refractivity contribution is 0.0946. The van der Waals surface area contributed by atoms with E-state index >= 15 is 0 Å². The topological polar surface area (TPSA) is 17.1 Å². The molecule has 0 fully saturated rings. The Balaban J connectivity index is 1.98. The molecular weight excluding hydrogens is 220 g/mol. The van der Waals surface area contributed by atoms with Crippen molar-refractivity contribution >= 4 is 5.78 Å². The van der Waals surface area contributed by atoms with Crippen molar-refractivity contribution in [2.45, 2.75) is 19.8 Å². The summed E-state index contributed by atoms with van der Waals surface area (Å²) in [6.07, 6.45) is 1.82. The average molecular weight is 236 g/mol. The van der Waals surface area contributed by atoms with Gasteiger partial charge in [0.15, 0.2) is 5.78 Å². The number of hydrogen-bond donors (Lipinski definition) is 0. The minimum Gasteiger partial charge on any atom is -0.294 e. The molecule has 1 aliphatic rings. The van der Waals surface area contributed by atoms with Gasteiger partial charge in [0.25, 0.3) is 0 Å². The van der Waals surface area contributed by atoms with Crippen LogP contribution < -0.4 is 0 Å². The van der Waals surface area contributed by atoms with Gasteiger partial charge in [-0.05, 0) is 29.5 Å². The largest absolute Gasteiger partial charge is 0.294 e. The van der Waals surface area contributed by atoms with E-state index in [-0.39, 0.29) is 5.92 Å². The van der Waals surface area contributed by atoms with Gasteiger partial charge in [-0.25, -0.2) is 0 Å². The van der Waals surface area contributed by atoms with Crippen molar-refractivity contribution in [2.75, 3.05) is 0 Å². The Morgan fingerprint density at radius 1 is 1.06 bits per heavy atom. The highest BCUT2D eigenvalue weighted by Crippen LogP contribution is 2.30. The predicted octanol–water partition coefficient (Wildman–Crippen LogP) is 3.65. The number of benzene rings is 2. The second-order valence-electron chi connectivity index (χ2n) is 5.08. The number of carbonyl (C=O) groups excluding carboxylic acids is 1. The summed E-state index contributed by atoms with van der Waals surface area (Å²) >= 11 is 0. The summed E-state index contributed by atoms with van der Waals surface area (Å²) in [5, 5.41) is 0. The maximum absolute atomic E-state index is 12.0. The van der Waals surface area contributed by atoms with E-state index in [0.717, 1.165) is 18.4 Å². The molecular formula is C17H16O. The lowest BCUT2D eigenvalue weighted by Crippen LogP contribution is -2.02. The third-order valence-corrected chi connectivity index (χ3v) is 3.73. The van der Waals surface area contributed by atoms with Crippen LogP contribution in [0.15, 0.2) is 48.5 Å². The van der Waals surface area contributed by atoms with E-state index in [1.165, 1.54) is 16.7 Å². The Labute approximate surface area is 107 Å². The quantitative estimate of drug-likeness (QED) is 0.777. The van der Waals surface area contributed by atoms with E-state index < -0.39 is 0 Å². The van der Waals surface area contributed by atoms with Gasteiger partial charge >= 0.3 is 0 Å². The van der Waals surface area contributed by atoms with Gasteiger partial charge in [0.05, 0.1) is 0 Å². The molecule has 1 nitrogen and oxygen atoms in total. The first-order valence-corrected chi connectivity index (χ1v) is 6.44. The molecule has 0 saturated heterocycles. The molecule has 0 aliphatic heterocycles. The minimum absolute atomic E-state index is 0.150. The van der Waals surface area contributed by atoms with Crippen molar-refractivity contribution in [2.24, 2.45) is 5.92 Å². The van der Waals surface area contributed by atoms with E-state index in [1.807, 2.05) is 25.1 Å². The van der Waals surface area contributed by atoms with Gasteiger partial charge in [0, 0.05) is 11.5 Å². The van der Waals surface area contributed by atoms with E-state index in [1.54, 1.807) is 0 Å². The van der Waals surface area contributed by atoms with Gasteiger partial charge in [-0.3, -0.25) is 4.79 Å². The molecule has 0 heterocycles. The molecule has 0 spiro atoms. The Morgan fingerprint density at radius 2 is 1.83 bits per heavy atom. The Bertz CT molecular complexity index is 584. The summed E-state index contributed by atoms with van der Waals surface area (Å²) < 4.78 is 0. The zero-order valence-electron chi connectivity index (χ0n) is 10.5. The van der Waals surface area contributed by atoms with E-state index in [0.29, 0.717) is 5.78 Å². The molecule has 3 rings (SSSR count). The van der Waals surface area contributed by atoms with Crippen molar-refractivity contribution in [3.8, 4) is 0 Å². The summed E-state index contributed by atoms with van der Waals surface area (Å²) in [5.41, 5.74) is 4.81. The number of hydrogen-bond acceptors (Lipinski definition) is 1. The molecule has 2 aromatic carbocycles. The lowest BCUT2D eigenvalue weighted by atomic mass is 9.97. The monoisotopic (exact) mass is 236 g/mol. The smallest absolute Gasteiger partial charge is 0.166 e. The van der Waals surface area contributed by atoms with Crippen molar-refractivity contribution in [1.29, 1.82) is 0 Å². The molecule has 0 saturated carbocycles. The van der Waals surface area contributed by atoms with Crippen LogP contribution in [0.5, 0.6) is 0 Å². The van der Waals surface area contributed by atoms with Gasteiger partial charge in [-0.1, -0.05) is 55.5 Å². The van der Waals surface area contributed by atoms with Crippen LogP contribution in [-0.4, -0.2) is 5.78 Å². The van der Waals surface area contributed by atoms with Crippen LogP contribution in [0.25, 0.3) is 0 Å². The number of carbonyl (C=O) groups is 1. The second kappa shape index (κ2) is 4.41. The van der Waals surface area contributed by atoms with Gasteiger partial charge in [-0.2, -0.15) is 0 Å². The zero-order chi connectivity index (χ0) is 12.5. The third kappa shape index (κ3) is 1.86. The number of Topliss-reactive ketones (excluding diaryl/α,β-unsaturated/α-hetero) is 1. The molecule has 1 atom stereocenters. The van der Waals surface area contributed by atoms with Crippen LogP contribution in [0.2, 0.25) is 0 Å². The fourth-order valence-electron chi connectivity index (χ4n) is 2.75. The maximum atomic E-state index is 12.0. The Morgan fingerprint density at radius 3 is 2.61 bits per heavy atom. The molecule has 0 bridgehead atoms. The molecule has 0 aromatic heterocycles. The molecule has 18 heavy (non-hydrogen) atoms. The SMILES string of the molecule is CC1Cc2c(Cc3ccccc3)cccc2C1=O. The normalized spacial score (nSPS) is 17.8. The van der Waals surface area contributed by atoms with E-state index in [2.05, 4.69) is 30.3 Å². The molecule has 1 unspecified atom stereocenters. The van der Waals surface area contributed by atoms with Crippen LogP contribution in [0.1, 0.15) is 34.0 Å². The van der Waals surface area contributed by atoms with Gasteiger partial charge in [0.2, 0.25) is 0 Å². The van der Waals surface area contributed by atoms with Gasteiger partial charge in [0.1, 0.15) is 0 Å². The highest BCUT2D eigenvalue weighted by Gasteiger charge is 2.28. The van der Waals surface area contributed by atoms with Gasteiger partial charge in [-0.15, -0.1) is 0 Å². The molecule has 0 amide bonds. The number of rotatable bonds is 2. The molecule has 1 aliphatic carbocycles. The second-order valence-corrected chi connectivity index (χ2v) is 5.08. The summed E-state index contributed by atoms with van der Waals surface area (Å²) in [4.78, 5) is 12.0. The van der Waals surface area contributed by atoms with Crippen LogP contribution in [-0.2, 0) is 12.8 Å². The first-order chi connectivity index (χ1) is 8.75. The maximum Gasteiger partial charge on any atom is 0.166 e. The number of ketones is 1. The Kier molecular flexibility index (Phi) is 2.75. The van der Waals surface area contributed by atoms with Crippen molar-refractivity contribution in [1.82, 2.24) is 0 Å². The highest BCUT2D eigenvalue weighted by atomic mass is 16.1. The van der Waals surface area contributed by atoms with Crippen molar-refractivity contribution in [3.63, 3.8) is 0 Å². The fraction of sp³-hybridized carbons (Fsp3) is 0.235. The fourth-order valence-corrected chi connectivity index (χ4v) is 2.75. The first kappa shape index (κ1) is 11.2. The summed E-state index contributed by atoms with van der Waals surface area (Å²) in [6.45, 7) is 2.02. The van der Waals surface area contributed by atoms with Crippen molar-refractivity contribution < 1.29 is 4.79 Å².